The fraction of sp³-hybridized carbons (Fsp3) is 0.444. The molecule has 2 rings (SSSR count). The zero-order chi connectivity index (χ0) is 13.7. The smallest absolute Gasteiger partial charge is 0.0294 e. The third-order valence-electron chi connectivity index (χ3n) is 3.93. The summed E-state index contributed by atoms with van der Waals surface area (Å²) in [5.74, 6) is 0.464. The van der Waals surface area contributed by atoms with Gasteiger partial charge in [0.15, 0.2) is 0 Å². The summed E-state index contributed by atoms with van der Waals surface area (Å²) >= 11 is 0. The quantitative estimate of drug-likeness (QED) is 0.724. The highest BCUT2D eigenvalue weighted by atomic mass is 14.9. The van der Waals surface area contributed by atoms with Crippen molar-refractivity contribution in [3.05, 3.63) is 59.2 Å². The van der Waals surface area contributed by atoms with Gasteiger partial charge in [0.25, 0.3) is 0 Å². The molecule has 1 aromatic rings. The van der Waals surface area contributed by atoms with E-state index in [4.69, 9.17) is 0 Å². The summed E-state index contributed by atoms with van der Waals surface area (Å²) in [6, 6.07) is 9.25. The van der Waals surface area contributed by atoms with Gasteiger partial charge in [-0.1, -0.05) is 61.4 Å². The van der Waals surface area contributed by atoms with Crippen molar-refractivity contribution in [1.29, 1.82) is 0 Å². The van der Waals surface area contributed by atoms with E-state index in [0.29, 0.717) is 12.0 Å². The van der Waals surface area contributed by atoms with Gasteiger partial charge >= 0.3 is 0 Å². The van der Waals surface area contributed by atoms with Gasteiger partial charge < -0.3 is 5.32 Å². The molecule has 1 N–H and O–H groups in total. The SMILES string of the molecule is CCCCNC(C)c1ccccc1C1C=CC=C1C. The minimum Gasteiger partial charge on any atom is -0.310 e. The van der Waals surface area contributed by atoms with E-state index >= 15 is 0 Å². The number of benzene rings is 1. The molecule has 0 aromatic heterocycles. The van der Waals surface area contributed by atoms with E-state index in [-0.39, 0.29) is 0 Å². The molecule has 1 heteroatoms. The molecule has 0 bridgehead atoms. The molecule has 1 aromatic carbocycles. The van der Waals surface area contributed by atoms with Crippen molar-refractivity contribution in [2.45, 2.75) is 45.6 Å². The van der Waals surface area contributed by atoms with Crippen LogP contribution in [0.1, 0.15) is 56.7 Å². The first-order valence-electron chi connectivity index (χ1n) is 7.41. The number of hydrogen-bond acceptors (Lipinski definition) is 1. The first-order valence-corrected chi connectivity index (χ1v) is 7.41. The number of hydrogen-bond donors (Lipinski definition) is 1. The van der Waals surface area contributed by atoms with E-state index in [1.807, 2.05) is 0 Å². The molecule has 0 radical (unpaired) electrons. The molecule has 0 saturated heterocycles. The van der Waals surface area contributed by atoms with Crippen LogP contribution in [0.2, 0.25) is 0 Å². The maximum atomic E-state index is 3.63. The normalized spacial score (nSPS) is 19.5. The summed E-state index contributed by atoms with van der Waals surface area (Å²) in [5, 5.41) is 3.63. The molecule has 1 aliphatic rings. The molecule has 2 atom stereocenters. The lowest BCUT2D eigenvalue weighted by atomic mass is 9.88. The number of nitrogens with one attached hydrogen (secondary N) is 1. The lowest BCUT2D eigenvalue weighted by molar-refractivity contribution is 0.550. The summed E-state index contributed by atoms with van der Waals surface area (Å²) in [4.78, 5) is 0. The molecule has 1 aliphatic carbocycles. The second kappa shape index (κ2) is 6.72. The van der Waals surface area contributed by atoms with Crippen LogP contribution in [0.5, 0.6) is 0 Å². The van der Waals surface area contributed by atoms with Crippen molar-refractivity contribution in [3.8, 4) is 0 Å². The second-order valence-electron chi connectivity index (χ2n) is 5.43. The molecule has 102 valence electrons. The number of rotatable bonds is 6. The van der Waals surface area contributed by atoms with Crippen molar-refractivity contribution in [3.63, 3.8) is 0 Å². The van der Waals surface area contributed by atoms with Crippen LogP contribution in [0, 0.1) is 0 Å². The minimum absolute atomic E-state index is 0.421. The predicted octanol–water partition coefficient (Wildman–Crippen LogP) is 4.74. The minimum atomic E-state index is 0.421. The first kappa shape index (κ1) is 14.1. The van der Waals surface area contributed by atoms with Crippen molar-refractivity contribution < 1.29 is 0 Å². The van der Waals surface area contributed by atoms with E-state index in [9.17, 15) is 0 Å². The van der Waals surface area contributed by atoms with Crippen molar-refractivity contribution >= 4 is 0 Å². The van der Waals surface area contributed by atoms with Crippen LogP contribution in [0.3, 0.4) is 0 Å². The maximum absolute atomic E-state index is 3.63. The van der Waals surface area contributed by atoms with Gasteiger partial charge in [0.1, 0.15) is 0 Å². The summed E-state index contributed by atoms with van der Waals surface area (Å²) < 4.78 is 0. The van der Waals surface area contributed by atoms with Gasteiger partial charge in [0, 0.05) is 12.0 Å². The van der Waals surface area contributed by atoms with Crippen molar-refractivity contribution in [1.82, 2.24) is 5.32 Å². The molecule has 0 fully saturated rings. The van der Waals surface area contributed by atoms with E-state index in [0.717, 1.165) is 6.54 Å². The van der Waals surface area contributed by atoms with Crippen LogP contribution in [-0.4, -0.2) is 6.54 Å². The molecule has 0 amide bonds. The Morgan fingerprint density at radius 1 is 1.26 bits per heavy atom. The van der Waals surface area contributed by atoms with Crippen molar-refractivity contribution in [2.75, 3.05) is 6.54 Å². The van der Waals surface area contributed by atoms with Gasteiger partial charge in [0.05, 0.1) is 0 Å². The van der Waals surface area contributed by atoms with E-state index in [1.165, 1.54) is 29.5 Å². The zero-order valence-corrected chi connectivity index (χ0v) is 12.3. The van der Waals surface area contributed by atoms with Crippen LogP contribution < -0.4 is 5.32 Å². The summed E-state index contributed by atoms with van der Waals surface area (Å²) in [6.07, 6.45) is 9.18. The van der Waals surface area contributed by atoms with Crippen LogP contribution >= 0.6 is 0 Å². The highest BCUT2D eigenvalue weighted by molar-refractivity contribution is 5.44. The Bertz CT molecular complexity index is 470. The number of allylic oxidation sites excluding steroid dienone is 4. The monoisotopic (exact) mass is 255 g/mol. The average Bonchev–Trinajstić information content (AvgIpc) is 2.85. The number of unbranched alkanes of at least 4 members (excludes halogenated alkanes) is 1. The molecule has 0 spiro atoms. The molecule has 1 nitrogen and oxygen atoms in total. The van der Waals surface area contributed by atoms with E-state index in [1.54, 1.807) is 0 Å². The Balaban J connectivity index is 2.16. The molecule has 0 heterocycles. The summed E-state index contributed by atoms with van der Waals surface area (Å²) in [7, 11) is 0. The average molecular weight is 255 g/mol. The van der Waals surface area contributed by atoms with Gasteiger partial charge in [0.2, 0.25) is 0 Å². The largest absolute Gasteiger partial charge is 0.310 e. The zero-order valence-electron chi connectivity index (χ0n) is 12.3. The first-order chi connectivity index (χ1) is 9.24. The summed E-state index contributed by atoms with van der Waals surface area (Å²) in [5.41, 5.74) is 4.32. The van der Waals surface area contributed by atoms with Crippen LogP contribution in [0.25, 0.3) is 0 Å². The summed E-state index contributed by atoms with van der Waals surface area (Å²) in [6.45, 7) is 7.82. The Labute approximate surface area is 117 Å². The second-order valence-corrected chi connectivity index (χ2v) is 5.43. The molecule has 0 saturated carbocycles. The van der Waals surface area contributed by atoms with Gasteiger partial charge in [-0.25, -0.2) is 0 Å². The lowest BCUT2D eigenvalue weighted by Crippen LogP contribution is -2.21. The van der Waals surface area contributed by atoms with Crippen LogP contribution in [0.4, 0.5) is 0 Å². The fourth-order valence-corrected chi connectivity index (χ4v) is 2.72. The van der Waals surface area contributed by atoms with Gasteiger partial charge in [-0.05, 0) is 37.9 Å². The third kappa shape index (κ3) is 3.36. The molecule has 19 heavy (non-hydrogen) atoms. The highest BCUT2D eigenvalue weighted by Crippen LogP contribution is 2.34. The Hall–Kier alpha value is -1.34. The molecular formula is C18H25N. The molecule has 2 unspecified atom stereocenters. The van der Waals surface area contributed by atoms with Crippen molar-refractivity contribution in [2.24, 2.45) is 0 Å². The standard InChI is InChI=1S/C18H25N/c1-4-5-13-19-15(3)17-10-6-7-11-18(17)16-12-8-9-14(16)2/h6-12,15-16,19H,4-5,13H2,1-3H3. The molecule has 0 aliphatic heterocycles. The topological polar surface area (TPSA) is 12.0 Å². The lowest BCUT2D eigenvalue weighted by Gasteiger charge is -2.21. The fourth-order valence-electron chi connectivity index (χ4n) is 2.72. The van der Waals surface area contributed by atoms with Gasteiger partial charge in [-0.3, -0.25) is 0 Å². The Morgan fingerprint density at radius 3 is 2.74 bits per heavy atom. The van der Waals surface area contributed by atoms with Crippen LogP contribution in [-0.2, 0) is 0 Å². The molecular weight excluding hydrogens is 230 g/mol. The van der Waals surface area contributed by atoms with Gasteiger partial charge in [-0.15, -0.1) is 0 Å². The Kier molecular flexibility index (Phi) is 4.98. The third-order valence-corrected chi connectivity index (χ3v) is 3.93. The van der Waals surface area contributed by atoms with E-state index in [2.05, 4.69) is 68.6 Å². The van der Waals surface area contributed by atoms with E-state index < -0.39 is 0 Å². The van der Waals surface area contributed by atoms with Gasteiger partial charge in [-0.2, -0.15) is 0 Å². The predicted molar refractivity (Wildman–Crippen MR) is 83.4 cm³/mol. The maximum Gasteiger partial charge on any atom is 0.0294 e. The Morgan fingerprint density at radius 2 is 2.05 bits per heavy atom. The van der Waals surface area contributed by atoms with Crippen LogP contribution in [0.15, 0.2) is 48.1 Å². The highest BCUT2D eigenvalue weighted by Gasteiger charge is 2.18.